The van der Waals surface area contributed by atoms with E-state index >= 15 is 0 Å². The molecular weight excluding hydrogens is 679 g/mol. The highest BCUT2D eigenvalue weighted by Crippen LogP contribution is 2.64. The fourth-order valence-electron chi connectivity index (χ4n) is 3.01. The zero-order chi connectivity index (χ0) is 35.3. The predicted molar refractivity (Wildman–Crippen MR) is 113 cm³/mol. The molecule has 0 fully saturated rings. The summed E-state index contributed by atoms with van der Waals surface area (Å²) in [6.07, 6.45) is -7.88. The van der Waals surface area contributed by atoms with Gasteiger partial charge in [0, 0.05) is 5.92 Å². The molecule has 42 heavy (non-hydrogen) atoms. The third-order valence-corrected chi connectivity index (χ3v) is 7.85. The van der Waals surface area contributed by atoms with Gasteiger partial charge in [0.1, 0.15) is 0 Å². The molecule has 1 N–H and O–H groups in total. The van der Waals surface area contributed by atoms with Gasteiger partial charge < -0.3 is 0 Å². The molecule has 0 aliphatic heterocycles. The molecule has 0 radical (unpaired) electrons. The molecule has 0 saturated carbocycles. The third-order valence-electron chi connectivity index (χ3n) is 5.70. The van der Waals surface area contributed by atoms with E-state index in [1.807, 2.05) is 13.8 Å². The molecule has 0 aromatic carbocycles. The molecule has 0 unspecified atom stereocenters. The molecule has 0 bridgehead atoms. The molecule has 0 aromatic heterocycles. The average molecular weight is 702 g/mol. The van der Waals surface area contributed by atoms with Crippen LogP contribution >= 0.6 is 12.6 Å². The Morgan fingerprint density at radius 1 is 0.548 bits per heavy atom. The van der Waals surface area contributed by atoms with Crippen molar-refractivity contribution >= 4 is 28.5 Å². The maximum absolute atomic E-state index is 13.0. The lowest BCUT2D eigenvalue weighted by atomic mass is 9.77. The summed E-state index contributed by atoms with van der Waals surface area (Å²) in [5, 5.41) is -7.84. The molecule has 0 aliphatic carbocycles. The number of alkyl halides is 17. The van der Waals surface area contributed by atoms with Crippen molar-refractivity contribution in [2.75, 3.05) is 0 Å². The van der Waals surface area contributed by atoms with Crippen molar-refractivity contribution in [3.63, 3.8) is 0 Å². The first-order chi connectivity index (χ1) is 17.7. The first-order valence-electron chi connectivity index (χ1n) is 10.7. The molecule has 0 spiro atoms. The number of halogens is 17. The van der Waals surface area contributed by atoms with Gasteiger partial charge in [-0.1, -0.05) is 41.5 Å². The number of carbonyl (C=O) groups excluding carboxylic acids is 1. The maximum Gasteiger partial charge on any atom is 0.460 e. The quantitative estimate of drug-likeness (QED) is 0.130. The molecule has 0 saturated heterocycles. The SMILES string of the molecule is CC(C)C(=O)C(S)(C(C)C)C(C)C.O=S(=O)(O)C(F)(F)C(F)(F)C(F)(F)C(F)(F)C(F)(F)C(F)(F)C(F)(F)C(F)(F)F. The normalized spacial score (nSPS) is 15.7. The van der Waals surface area contributed by atoms with Crippen LogP contribution in [0.25, 0.3) is 0 Å². The van der Waals surface area contributed by atoms with Crippen LogP contribution in [0.4, 0.5) is 74.6 Å². The van der Waals surface area contributed by atoms with E-state index in [-0.39, 0.29) is 23.5 Å². The second-order valence-electron chi connectivity index (χ2n) is 9.59. The van der Waals surface area contributed by atoms with Crippen LogP contribution in [0.3, 0.4) is 0 Å². The lowest BCUT2D eigenvalue weighted by molar-refractivity contribution is -0.458. The Morgan fingerprint density at radius 2 is 0.786 bits per heavy atom. The Morgan fingerprint density at radius 3 is 0.952 bits per heavy atom. The van der Waals surface area contributed by atoms with Gasteiger partial charge in [-0.05, 0) is 11.8 Å². The third kappa shape index (κ3) is 6.42. The number of rotatable bonds is 11. The topological polar surface area (TPSA) is 71.4 Å². The van der Waals surface area contributed by atoms with E-state index in [0.29, 0.717) is 0 Å². The molecule has 254 valence electrons. The van der Waals surface area contributed by atoms with Crippen molar-refractivity contribution in [1.82, 2.24) is 0 Å². The molecule has 4 nitrogen and oxygen atoms in total. The average Bonchev–Trinajstić information content (AvgIpc) is 2.75. The summed E-state index contributed by atoms with van der Waals surface area (Å²) in [4.78, 5) is 12.0. The van der Waals surface area contributed by atoms with Gasteiger partial charge in [0.25, 0.3) is 0 Å². The highest BCUT2D eigenvalue weighted by molar-refractivity contribution is 7.87. The zero-order valence-electron chi connectivity index (χ0n) is 21.7. The van der Waals surface area contributed by atoms with Crippen LogP contribution in [0.5, 0.6) is 0 Å². The summed E-state index contributed by atoms with van der Waals surface area (Å²) in [5.41, 5.74) is 0. The van der Waals surface area contributed by atoms with E-state index in [1.54, 1.807) is 0 Å². The van der Waals surface area contributed by atoms with Crippen LogP contribution in [0.15, 0.2) is 0 Å². The molecule has 0 rings (SSSR count). The Balaban J connectivity index is 0. The van der Waals surface area contributed by atoms with Gasteiger partial charge in [-0.25, -0.2) is 0 Å². The highest BCUT2D eigenvalue weighted by Gasteiger charge is 2.96. The lowest BCUT2D eigenvalue weighted by Crippen LogP contribution is -2.74. The van der Waals surface area contributed by atoms with Crippen molar-refractivity contribution in [3.05, 3.63) is 0 Å². The van der Waals surface area contributed by atoms with Crippen molar-refractivity contribution in [1.29, 1.82) is 0 Å². The molecular formula is C19H23F17O4S2. The number of thiol groups is 1. The van der Waals surface area contributed by atoms with E-state index in [2.05, 4.69) is 40.3 Å². The maximum atomic E-state index is 13.0. The summed E-state index contributed by atoms with van der Waals surface area (Å²) in [5.74, 6) is -51.1. The van der Waals surface area contributed by atoms with Crippen LogP contribution in [-0.2, 0) is 14.9 Å². The molecule has 0 aromatic rings. The smallest absolute Gasteiger partial charge is 0.298 e. The van der Waals surface area contributed by atoms with Crippen LogP contribution in [0.2, 0.25) is 0 Å². The van der Waals surface area contributed by atoms with E-state index in [4.69, 9.17) is 4.55 Å². The van der Waals surface area contributed by atoms with E-state index in [0.717, 1.165) is 0 Å². The first kappa shape index (κ1) is 42.9. The second-order valence-corrected chi connectivity index (χ2v) is 11.8. The standard InChI is InChI=1S/C11H22OS.C8HF17O3S/c1-7(2)10(12)11(13,8(3)4)9(5)6;9-1(10,3(13,14)5(17,18)7(21,22)23)2(11,12)4(15,16)6(19,20)8(24,25)29(26,27)28/h7-9,13H,1-6H3;(H,26,27,28). The number of Topliss-reactive ketones (excluding diaryl/α,β-unsaturated/α-hetero) is 1. The van der Waals surface area contributed by atoms with Crippen molar-refractivity contribution in [3.8, 4) is 0 Å². The van der Waals surface area contributed by atoms with Crippen molar-refractivity contribution in [2.24, 2.45) is 17.8 Å². The van der Waals surface area contributed by atoms with Gasteiger partial charge >= 0.3 is 57.1 Å². The molecule has 0 aliphatic rings. The van der Waals surface area contributed by atoms with Gasteiger partial charge in [0.2, 0.25) is 0 Å². The summed E-state index contributed by atoms with van der Waals surface area (Å²) >= 11 is 4.59. The Hall–Kier alpha value is -1.26. The van der Waals surface area contributed by atoms with Crippen LogP contribution in [-0.4, -0.2) is 70.5 Å². The molecule has 0 atom stereocenters. The van der Waals surface area contributed by atoms with Crippen LogP contribution in [0.1, 0.15) is 41.5 Å². The highest BCUT2D eigenvalue weighted by atomic mass is 32.2. The Kier molecular flexibility index (Phi) is 12.2. The van der Waals surface area contributed by atoms with E-state index < -0.39 is 61.8 Å². The fraction of sp³-hybridized carbons (Fsp3) is 0.947. The summed E-state index contributed by atoms with van der Waals surface area (Å²) in [7, 11) is -7.89. The van der Waals surface area contributed by atoms with Crippen LogP contribution in [0, 0.1) is 17.8 Å². The first-order valence-corrected chi connectivity index (χ1v) is 12.6. The molecule has 23 heteroatoms. The van der Waals surface area contributed by atoms with Gasteiger partial charge in [-0.15, -0.1) is 0 Å². The molecule has 0 amide bonds. The number of hydrogen-bond donors (Lipinski definition) is 2. The predicted octanol–water partition coefficient (Wildman–Crippen LogP) is 8.03. The van der Waals surface area contributed by atoms with Gasteiger partial charge in [-0.2, -0.15) is 95.7 Å². The zero-order valence-corrected chi connectivity index (χ0v) is 23.4. The summed E-state index contributed by atoms with van der Waals surface area (Å²) < 4.78 is 242. The lowest BCUT2D eigenvalue weighted by Gasteiger charge is -2.42. The number of carbonyl (C=O) groups is 1. The monoisotopic (exact) mass is 702 g/mol. The summed E-state index contributed by atoms with van der Waals surface area (Å²) in [6, 6.07) is 0. The van der Waals surface area contributed by atoms with E-state index in [1.165, 1.54) is 0 Å². The minimum Gasteiger partial charge on any atom is -0.298 e. The second kappa shape index (κ2) is 11.9. The van der Waals surface area contributed by atoms with Gasteiger partial charge in [0.15, 0.2) is 5.78 Å². The number of ketones is 1. The fourth-order valence-corrected chi connectivity index (χ4v) is 3.72. The minimum absolute atomic E-state index is 0.0716. The summed E-state index contributed by atoms with van der Waals surface area (Å²) in [6.45, 7) is 12.1. The largest absolute Gasteiger partial charge is 0.460 e. The van der Waals surface area contributed by atoms with Crippen LogP contribution < -0.4 is 0 Å². The molecule has 0 heterocycles. The Labute approximate surface area is 232 Å². The Bertz CT molecular complexity index is 1060. The van der Waals surface area contributed by atoms with Gasteiger partial charge in [-0.3, -0.25) is 9.35 Å². The minimum atomic E-state index is -8.89. The number of hydrogen-bond acceptors (Lipinski definition) is 4. The van der Waals surface area contributed by atoms with E-state index in [9.17, 15) is 87.8 Å². The van der Waals surface area contributed by atoms with Crippen molar-refractivity contribution < 1.29 is 92.4 Å². The van der Waals surface area contributed by atoms with Gasteiger partial charge in [0.05, 0.1) is 4.75 Å². The van der Waals surface area contributed by atoms with Crippen molar-refractivity contribution in [2.45, 2.75) is 93.3 Å².